The van der Waals surface area contributed by atoms with Gasteiger partial charge in [-0.1, -0.05) is 12.5 Å². The van der Waals surface area contributed by atoms with Gasteiger partial charge in [-0.2, -0.15) is 5.26 Å². The Morgan fingerprint density at radius 3 is 2.89 bits per heavy atom. The summed E-state index contributed by atoms with van der Waals surface area (Å²) < 4.78 is 16.5. The second-order valence-electron chi connectivity index (χ2n) is 6.74. The fraction of sp³-hybridized carbons (Fsp3) is 0.238. The highest BCUT2D eigenvalue weighted by Gasteiger charge is 2.19. The molecule has 0 atom stereocenters. The van der Waals surface area contributed by atoms with Crippen molar-refractivity contribution in [1.82, 2.24) is 14.8 Å². The first-order valence-electron chi connectivity index (χ1n) is 9.19. The van der Waals surface area contributed by atoms with Gasteiger partial charge in [0.15, 0.2) is 5.82 Å². The lowest BCUT2D eigenvalue weighted by molar-refractivity contribution is 0.102. The van der Waals surface area contributed by atoms with Gasteiger partial charge < -0.3 is 9.88 Å². The molecule has 140 valence electrons. The molecular formula is C21H18FN5O. The monoisotopic (exact) mass is 375 g/mol. The number of aromatic nitrogens is 3. The summed E-state index contributed by atoms with van der Waals surface area (Å²) in [4.78, 5) is 12.5. The fourth-order valence-electron chi connectivity index (χ4n) is 3.39. The summed E-state index contributed by atoms with van der Waals surface area (Å²) in [5, 5.41) is 20.2. The number of benzene rings is 2. The normalized spacial score (nSPS) is 13.3. The molecule has 2 aromatic carbocycles. The molecule has 1 N–H and O–H groups in total. The molecule has 6 nitrogen and oxygen atoms in total. The number of fused-ring (bicyclic) bond motifs is 1. The Hall–Kier alpha value is -3.53. The number of nitriles is 1. The van der Waals surface area contributed by atoms with Gasteiger partial charge in [0.05, 0.1) is 17.2 Å². The molecule has 4 rings (SSSR count). The molecule has 1 aromatic heterocycles. The topological polar surface area (TPSA) is 83.6 Å². The van der Waals surface area contributed by atoms with Gasteiger partial charge in [0, 0.05) is 24.2 Å². The van der Waals surface area contributed by atoms with Gasteiger partial charge >= 0.3 is 0 Å². The van der Waals surface area contributed by atoms with Crippen LogP contribution in [-0.2, 0) is 13.0 Å². The predicted octanol–water partition coefficient (Wildman–Crippen LogP) is 3.93. The molecule has 0 unspecified atom stereocenters. The Balaban J connectivity index is 1.64. The highest BCUT2D eigenvalue weighted by atomic mass is 19.1. The van der Waals surface area contributed by atoms with Crippen molar-refractivity contribution in [3.05, 3.63) is 65.2 Å². The SMILES string of the molecule is N#Cc1cccc(C(=O)Nc2ccc(F)c(-c3nnc4n3CCCCC4)c2)c1. The molecule has 0 spiro atoms. The minimum atomic E-state index is -0.413. The lowest BCUT2D eigenvalue weighted by atomic mass is 10.1. The van der Waals surface area contributed by atoms with Crippen LogP contribution in [0.15, 0.2) is 42.5 Å². The van der Waals surface area contributed by atoms with Crippen molar-refractivity contribution in [3.63, 3.8) is 0 Å². The van der Waals surface area contributed by atoms with E-state index in [1.54, 1.807) is 24.3 Å². The molecule has 0 aliphatic carbocycles. The lowest BCUT2D eigenvalue weighted by Crippen LogP contribution is -2.12. The van der Waals surface area contributed by atoms with Crippen molar-refractivity contribution in [1.29, 1.82) is 5.26 Å². The molecule has 0 saturated heterocycles. The Bertz CT molecular complexity index is 1080. The van der Waals surface area contributed by atoms with Crippen LogP contribution in [0, 0.1) is 17.1 Å². The molecule has 3 aromatic rings. The summed E-state index contributed by atoms with van der Waals surface area (Å²) in [6.45, 7) is 0.759. The number of aryl methyl sites for hydroxylation is 1. The molecule has 1 aliphatic heterocycles. The van der Waals surface area contributed by atoms with E-state index in [1.807, 2.05) is 10.6 Å². The summed E-state index contributed by atoms with van der Waals surface area (Å²) >= 11 is 0. The van der Waals surface area contributed by atoms with Crippen LogP contribution in [-0.4, -0.2) is 20.7 Å². The Morgan fingerprint density at radius 2 is 2.04 bits per heavy atom. The maximum absolute atomic E-state index is 14.5. The minimum absolute atomic E-state index is 0.309. The molecular weight excluding hydrogens is 357 g/mol. The van der Waals surface area contributed by atoms with Crippen molar-refractivity contribution >= 4 is 11.6 Å². The summed E-state index contributed by atoms with van der Waals surface area (Å²) in [6.07, 6.45) is 4.01. The average Bonchev–Trinajstić information content (AvgIpc) is 2.97. The third kappa shape index (κ3) is 3.49. The van der Waals surface area contributed by atoms with E-state index in [4.69, 9.17) is 5.26 Å². The summed E-state index contributed by atoms with van der Waals surface area (Å²) in [5.41, 5.74) is 1.53. The van der Waals surface area contributed by atoms with Crippen molar-refractivity contribution in [2.24, 2.45) is 0 Å². The van der Waals surface area contributed by atoms with E-state index < -0.39 is 5.82 Å². The molecule has 1 aliphatic rings. The zero-order valence-electron chi connectivity index (χ0n) is 15.2. The third-order valence-electron chi connectivity index (χ3n) is 4.83. The second kappa shape index (κ2) is 7.61. The standard InChI is InChI=1S/C21H18FN5O/c22-18-9-8-16(24-21(28)15-6-4-5-14(11-15)13-23)12-17(18)20-26-25-19-7-2-1-3-10-27(19)20/h4-6,8-9,11-12H,1-3,7,10H2,(H,24,28). The second-order valence-corrected chi connectivity index (χ2v) is 6.74. The van der Waals surface area contributed by atoms with E-state index >= 15 is 0 Å². The van der Waals surface area contributed by atoms with Crippen LogP contribution in [0.1, 0.15) is 41.0 Å². The molecule has 0 saturated carbocycles. The predicted molar refractivity (Wildman–Crippen MR) is 102 cm³/mol. The number of halogens is 1. The number of nitrogens with one attached hydrogen (secondary N) is 1. The van der Waals surface area contributed by atoms with E-state index in [0.717, 1.165) is 38.1 Å². The van der Waals surface area contributed by atoms with Gasteiger partial charge in [-0.3, -0.25) is 4.79 Å². The number of amides is 1. The number of rotatable bonds is 3. The number of carbonyl (C=O) groups is 1. The number of nitrogens with zero attached hydrogens (tertiary/aromatic N) is 4. The Kier molecular flexibility index (Phi) is 4.85. The van der Waals surface area contributed by atoms with Crippen molar-refractivity contribution in [2.75, 3.05) is 5.32 Å². The Morgan fingerprint density at radius 1 is 1.14 bits per heavy atom. The van der Waals surface area contributed by atoms with Gasteiger partial charge in [-0.25, -0.2) is 4.39 Å². The molecule has 0 fully saturated rings. The van der Waals surface area contributed by atoms with Gasteiger partial charge in [0.2, 0.25) is 0 Å². The van der Waals surface area contributed by atoms with E-state index in [-0.39, 0.29) is 5.91 Å². The summed E-state index contributed by atoms with van der Waals surface area (Å²) in [5.74, 6) is 0.574. The lowest BCUT2D eigenvalue weighted by Gasteiger charge is -2.10. The summed E-state index contributed by atoms with van der Waals surface area (Å²) in [6, 6.07) is 12.8. The first kappa shape index (κ1) is 17.9. The van der Waals surface area contributed by atoms with Crippen molar-refractivity contribution in [3.8, 4) is 17.5 Å². The average molecular weight is 375 g/mol. The molecule has 28 heavy (non-hydrogen) atoms. The van der Waals surface area contributed by atoms with Gasteiger partial charge in [0.25, 0.3) is 5.91 Å². The van der Waals surface area contributed by atoms with Crippen molar-refractivity contribution < 1.29 is 9.18 Å². The zero-order valence-corrected chi connectivity index (χ0v) is 15.2. The van der Waals surface area contributed by atoms with Crippen LogP contribution in [0.5, 0.6) is 0 Å². The minimum Gasteiger partial charge on any atom is -0.322 e. The maximum atomic E-state index is 14.5. The molecule has 0 radical (unpaired) electrons. The molecule has 1 amide bonds. The molecule has 0 bridgehead atoms. The van der Waals surface area contributed by atoms with E-state index in [9.17, 15) is 9.18 Å². The van der Waals surface area contributed by atoms with Crippen LogP contribution in [0.3, 0.4) is 0 Å². The fourth-order valence-corrected chi connectivity index (χ4v) is 3.39. The van der Waals surface area contributed by atoms with E-state index in [2.05, 4.69) is 15.5 Å². The highest BCUT2D eigenvalue weighted by molar-refractivity contribution is 6.04. The largest absolute Gasteiger partial charge is 0.322 e. The van der Waals surface area contributed by atoms with E-state index in [1.165, 1.54) is 18.2 Å². The molecule has 2 heterocycles. The zero-order chi connectivity index (χ0) is 19.5. The number of hydrogen-bond acceptors (Lipinski definition) is 4. The number of carbonyl (C=O) groups excluding carboxylic acids is 1. The first-order chi connectivity index (χ1) is 13.7. The van der Waals surface area contributed by atoms with Gasteiger partial charge in [0.1, 0.15) is 11.6 Å². The van der Waals surface area contributed by atoms with Gasteiger partial charge in [-0.15, -0.1) is 10.2 Å². The van der Waals surface area contributed by atoms with Crippen molar-refractivity contribution in [2.45, 2.75) is 32.2 Å². The van der Waals surface area contributed by atoms with Crippen LogP contribution >= 0.6 is 0 Å². The highest BCUT2D eigenvalue weighted by Crippen LogP contribution is 2.27. The Labute approximate surface area is 161 Å². The smallest absolute Gasteiger partial charge is 0.255 e. The van der Waals surface area contributed by atoms with Crippen LogP contribution in [0.4, 0.5) is 10.1 Å². The first-order valence-corrected chi connectivity index (χ1v) is 9.19. The van der Waals surface area contributed by atoms with Crippen LogP contribution in [0.2, 0.25) is 0 Å². The summed E-state index contributed by atoms with van der Waals surface area (Å²) in [7, 11) is 0. The number of anilines is 1. The van der Waals surface area contributed by atoms with E-state index in [0.29, 0.717) is 28.2 Å². The number of hydrogen-bond donors (Lipinski definition) is 1. The van der Waals surface area contributed by atoms with Crippen LogP contribution in [0.25, 0.3) is 11.4 Å². The van der Waals surface area contributed by atoms with Gasteiger partial charge in [-0.05, 0) is 49.2 Å². The molecule has 7 heteroatoms. The maximum Gasteiger partial charge on any atom is 0.255 e. The van der Waals surface area contributed by atoms with Crippen LogP contribution < -0.4 is 5.32 Å². The quantitative estimate of drug-likeness (QED) is 0.752. The third-order valence-corrected chi connectivity index (χ3v) is 4.83.